The lowest BCUT2D eigenvalue weighted by Gasteiger charge is -2.16. The van der Waals surface area contributed by atoms with E-state index in [1.54, 1.807) is 13.1 Å². The van der Waals surface area contributed by atoms with E-state index >= 15 is 0 Å². The van der Waals surface area contributed by atoms with Crippen LogP contribution in [0.3, 0.4) is 0 Å². The Hall–Kier alpha value is -3.15. The van der Waals surface area contributed by atoms with E-state index < -0.39 is 0 Å². The predicted octanol–water partition coefficient (Wildman–Crippen LogP) is 2.78. The Morgan fingerprint density at radius 3 is 2.60 bits per heavy atom. The van der Waals surface area contributed by atoms with Crippen LogP contribution in [0.4, 0.5) is 5.69 Å². The van der Waals surface area contributed by atoms with Crippen LogP contribution in [-0.4, -0.2) is 35.5 Å². The number of hydrogen-bond acceptors (Lipinski definition) is 4. The van der Waals surface area contributed by atoms with Gasteiger partial charge in [-0.3, -0.25) is 9.59 Å². The maximum Gasteiger partial charge on any atom is 0.243 e. The number of fused-ring (bicyclic) bond motifs is 1. The quantitative estimate of drug-likeness (QED) is 0.777. The number of anilines is 1. The molecule has 0 aliphatic carbocycles. The van der Waals surface area contributed by atoms with Gasteiger partial charge >= 0.3 is 0 Å². The van der Waals surface area contributed by atoms with Gasteiger partial charge in [-0.05, 0) is 31.2 Å². The zero-order valence-corrected chi connectivity index (χ0v) is 14.2. The van der Waals surface area contributed by atoms with E-state index in [-0.39, 0.29) is 24.8 Å². The molecule has 0 aliphatic heterocycles. The van der Waals surface area contributed by atoms with Crippen molar-refractivity contribution in [3.05, 3.63) is 59.8 Å². The number of carbonyl (C=O) groups excluding carboxylic acids is 2. The van der Waals surface area contributed by atoms with Crippen molar-refractivity contribution < 1.29 is 14.1 Å². The molecule has 1 heterocycles. The second-order valence-corrected chi connectivity index (χ2v) is 5.97. The lowest BCUT2D eigenvalue weighted by Crippen LogP contribution is -2.35. The highest BCUT2D eigenvalue weighted by Gasteiger charge is 2.17. The van der Waals surface area contributed by atoms with Crippen LogP contribution in [0.5, 0.6) is 0 Å². The van der Waals surface area contributed by atoms with Gasteiger partial charge in [0.25, 0.3) is 0 Å². The lowest BCUT2D eigenvalue weighted by atomic mass is 10.1. The van der Waals surface area contributed by atoms with Crippen molar-refractivity contribution in [2.75, 3.05) is 18.9 Å². The Morgan fingerprint density at radius 1 is 1.12 bits per heavy atom. The minimum absolute atomic E-state index is 0.0253. The monoisotopic (exact) mass is 337 g/mol. The maximum absolute atomic E-state index is 12.4. The third-order valence-electron chi connectivity index (χ3n) is 3.91. The number of amides is 2. The van der Waals surface area contributed by atoms with E-state index in [0.717, 1.165) is 10.9 Å². The van der Waals surface area contributed by atoms with Crippen LogP contribution in [0.15, 0.2) is 53.1 Å². The summed E-state index contributed by atoms with van der Waals surface area (Å²) in [5.74, 6) is -0.442. The molecule has 0 saturated carbocycles. The van der Waals surface area contributed by atoms with Crippen LogP contribution in [0, 0.1) is 6.92 Å². The molecule has 1 N–H and O–H groups in total. The first-order valence-electron chi connectivity index (χ1n) is 7.96. The van der Waals surface area contributed by atoms with Gasteiger partial charge in [0.15, 0.2) is 5.58 Å². The smallest absolute Gasteiger partial charge is 0.243 e. The lowest BCUT2D eigenvalue weighted by molar-refractivity contribution is -0.132. The minimum atomic E-state index is -0.246. The van der Waals surface area contributed by atoms with Crippen molar-refractivity contribution in [3.63, 3.8) is 0 Å². The van der Waals surface area contributed by atoms with E-state index in [1.165, 1.54) is 4.90 Å². The van der Waals surface area contributed by atoms with Crippen LogP contribution in [0.25, 0.3) is 11.0 Å². The third kappa shape index (κ3) is 4.03. The topological polar surface area (TPSA) is 75.4 Å². The van der Waals surface area contributed by atoms with Crippen molar-refractivity contribution in [1.82, 2.24) is 10.1 Å². The third-order valence-corrected chi connectivity index (χ3v) is 3.91. The molecular weight excluding hydrogens is 318 g/mol. The molecule has 25 heavy (non-hydrogen) atoms. The van der Waals surface area contributed by atoms with Crippen molar-refractivity contribution in [1.29, 1.82) is 0 Å². The Kier molecular flexibility index (Phi) is 4.79. The van der Waals surface area contributed by atoms with Gasteiger partial charge in [-0.1, -0.05) is 35.0 Å². The first-order chi connectivity index (χ1) is 12.0. The van der Waals surface area contributed by atoms with Gasteiger partial charge in [-0.2, -0.15) is 0 Å². The fourth-order valence-electron chi connectivity index (χ4n) is 2.48. The molecule has 3 aromatic rings. The number of aromatic nitrogens is 1. The molecule has 0 atom stereocenters. The summed E-state index contributed by atoms with van der Waals surface area (Å²) in [5, 5.41) is 7.54. The number of para-hydroxylation sites is 1. The minimum Gasteiger partial charge on any atom is -0.356 e. The van der Waals surface area contributed by atoms with Gasteiger partial charge in [-0.15, -0.1) is 0 Å². The second kappa shape index (κ2) is 7.17. The van der Waals surface area contributed by atoms with Gasteiger partial charge in [0.2, 0.25) is 11.8 Å². The number of hydrogen-bond donors (Lipinski definition) is 1. The molecule has 0 saturated heterocycles. The van der Waals surface area contributed by atoms with Crippen molar-refractivity contribution in [3.8, 4) is 0 Å². The number of nitrogens with zero attached hydrogens (tertiary/aromatic N) is 2. The summed E-state index contributed by atoms with van der Waals surface area (Å²) in [4.78, 5) is 25.8. The number of nitrogens with one attached hydrogen (secondary N) is 1. The number of likely N-dealkylation sites (N-methyl/N-ethyl adjacent to an activating group) is 1. The van der Waals surface area contributed by atoms with E-state index in [0.29, 0.717) is 17.0 Å². The summed E-state index contributed by atoms with van der Waals surface area (Å²) in [6, 6.07) is 14.9. The average molecular weight is 337 g/mol. The summed E-state index contributed by atoms with van der Waals surface area (Å²) in [7, 11) is 1.60. The maximum atomic E-state index is 12.4. The summed E-state index contributed by atoms with van der Waals surface area (Å²) in [6.07, 6.45) is 0.0886. The molecule has 6 heteroatoms. The predicted molar refractivity (Wildman–Crippen MR) is 95.2 cm³/mol. The molecule has 128 valence electrons. The SMILES string of the molecule is Cc1ccc(NC(=O)CN(C)C(=O)Cc2noc3ccccc23)cc1. The largest absolute Gasteiger partial charge is 0.356 e. The molecule has 2 amide bonds. The Morgan fingerprint density at radius 2 is 1.84 bits per heavy atom. The fourth-order valence-corrected chi connectivity index (χ4v) is 2.48. The number of carbonyl (C=O) groups is 2. The van der Waals surface area contributed by atoms with E-state index in [2.05, 4.69) is 10.5 Å². The highest BCUT2D eigenvalue weighted by atomic mass is 16.5. The summed E-state index contributed by atoms with van der Waals surface area (Å²) < 4.78 is 5.20. The highest BCUT2D eigenvalue weighted by molar-refractivity contribution is 5.95. The molecule has 6 nitrogen and oxygen atoms in total. The summed E-state index contributed by atoms with van der Waals surface area (Å²) in [5.41, 5.74) is 3.04. The Balaban J connectivity index is 1.58. The molecule has 0 radical (unpaired) electrons. The van der Waals surface area contributed by atoms with Crippen LogP contribution in [0.1, 0.15) is 11.3 Å². The van der Waals surface area contributed by atoms with Gasteiger partial charge in [0, 0.05) is 18.1 Å². The second-order valence-electron chi connectivity index (χ2n) is 5.97. The van der Waals surface area contributed by atoms with E-state index in [4.69, 9.17) is 4.52 Å². The summed E-state index contributed by atoms with van der Waals surface area (Å²) in [6.45, 7) is 1.95. The van der Waals surface area contributed by atoms with Crippen LogP contribution < -0.4 is 5.32 Å². The number of aryl methyl sites for hydroxylation is 1. The average Bonchev–Trinajstić information content (AvgIpc) is 3.00. The normalized spacial score (nSPS) is 10.6. The zero-order valence-electron chi connectivity index (χ0n) is 14.2. The fraction of sp³-hybridized carbons (Fsp3) is 0.211. The number of benzene rings is 2. The summed E-state index contributed by atoms with van der Waals surface area (Å²) >= 11 is 0. The molecule has 3 rings (SSSR count). The van der Waals surface area contributed by atoms with Crippen LogP contribution in [-0.2, 0) is 16.0 Å². The standard InChI is InChI=1S/C19H19N3O3/c1-13-7-9-14(10-8-13)20-18(23)12-22(2)19(24)11-16-15-5-3-4-6-17(15)25-21-16/h3-10H,11-12H2,1-2H3,(H,20,23). The molecular formula is C19H19N3O3. The van der Waals surface area contributed by atoms with Gasteiger partial charge < -0.3 is 14.7 Å². The van der Waals surface area contributed by atoms with Crippen molar-refractivity contribution in [2.24, 2.45) is 0 Å². The van der Waals surface area contributed by atoms with Gasteiger partial charge in [-0.25, -0.2) is 0 Å². The van der Waals surface area contributed by atoms with Crippen molar-refractivity contribution in [2.45, 2.75) is 13.3 Å². The Bertz CT molecular complexity index is 900. The molecule has 0 fully saturated rings. The first-order valence-corrected chi connectivity index (χ1v) is 7.96. The van der Waals surface area contributed by atoms with E-state index in [9.17, 15) is 9.59 Å². The Labute approximate surface area is 145 Å². The van der Waals surface area contributed by atoms with E-state index in [1.807, 2.05) is 49.4 Å². The number of rotatable bonds is 5. The first kappa shape index (κ1) is 16.7. The van der Waals surface area contributed by atoms with Gasteiger partial charge in [0.05, 0.1) is 13.0 Å². The molecule has 2 aromatic carbocycles. The molecule has 1 aromatic heterocycles. The van der Waals surface area contributed by atoms with Crippen LogP contribution >= 0.6 is 0 Å². The molecule has 0 unspecified atom stereocenters. The molecule has 0 spiro atoms. The zero-order chi connectivity index (χ0) is 17.8. The van der Waals surface area contributed by atoms with Crippen molar-refractivity contribution >= 4 is 28.5 Å². The molecule has 0 aliphatic rings. The van der Waals surface area contributed by atoms with Crippen LogP contribution in [0.2, 0.25) is 0 Å². The molecule has 0 bridgehead atoms. The van der Waals surface area contributed by atoms with Gasteiger partial charge in [0.1, 0.15) is 5.69 Å². The highest BCUT2D eigenvalue weighted by Crippen LogP contribution is 2.18.